The van der Waals surface area contributed by atoms with E-state index in [1.807, 2.05) is 12.1 Å². The molecule has 2 rings (SSSR count). The summed E-state index contributed by atoms with van der Waals surface area (Å²) in [7, 11) is -1.76. The monoisotopic (exact) mass is 356 g/mol. The molecular formula is C22H32O2Si. The van der Waals surface area contributed by atoms with Gasteiger partial charge in [0.05, 0.1) is 12.2 Å². The van der Waals surface area contributed by atoms with Crippen molar-refractivity contribution in [3.63, 3.8) is 0 Å². The topological polar surface area (TPSA) is 22.4 Å². The lowest BCUT2D eigenvalue weighted by atomic mass is 10.1. The maximum absolute atomic E-state index is 6.42. The van der Waals surface area contributed by atoms with Crippen LogP contribution in [0.15, 0.2) is 65.3 Å². The van der Waals surface area contributed by atoms with Crippen LogP contribution in [0.25, 0.3) is 0 Å². The summed E-state index contributed by atoms with van der Waals surface area (Å²) in [6.45, 7) is 12.1. The molecule has 2 nitrogen and oxygen atoms in total. The Labute approximate surface area is 154 Å². The van der Waals surface area contributed by atoms with Gasteiger partial charge >= 0.3 is 0 Å². The van der Waals surface area contributed by atoms with E-state index in [0.29, 0.717) is 6.61 Å². The van der Waals surface area contributed by atoms with Crippen molar-refractivity contribution in [2.75, 3.05) is 6.61 Å². The number of allylic oxidation sites excluding steroid dienone is 1. The van der Waals surface area contributed by atoms with Gasteiger partial charge in [-0.3, -0.25) is 0 Å². The lowest BCUT2D eigenvalue weighted by Gasteiger charge is -2.36. The smallest absolute Gasteiger partial charge is 0.192 e. The summed E-state index contributed by atoms with van der Waals surface area (Å²) in [4.78, 5) is 0. The van der Waals surface area contributed by atoms with Gasteiger partial charge in [0.2, 0.25) is 0 Å². The third kappa shape index (κ3) is 6.01. The van der Waals surface area contributed by atoms with Crippen molar-refractivity contribution in [2.45, 2.75) is 57.7 Å². The second-order valence-corrected chi connectivity index (χ2v) is 13.0. The second kappa shape index (κ2) is 8.68. The van der Waals surface area contributed by atoms with Crippen LogP contribution in [0.3, 0.4) is 0 Å². The minimum atomic E-state index is -1.76. The Balaban J connectivity index is 1.96. The van der Waals surface area contributed by atoms with E-state index in [1.54, 1.807) is 6.26 Å². The normalized spacial score (nSPS) is 14.1. The molecule has 0 aliphatic heterocycles. The van der Waals surface area contributed by atoms with Crippen LogP contribution in [-0.2, 0) is 10.8 Å². The first-order valence-corrected chi connectivity index (χ1v) is 12.1. The highest BCUT2D eigenvalue weighted by molar-refractivity contribution is 6.74. The summed E-state index contributed by atoms with van der Waals surface area (Å²) >= 11 is 0. The molecule has 0 radical (unpaired) electrons. The first kappa shape index (κ1) is 19.7. The fourth-order valence-corrected chi connectivity index (χ4v) is 3.43. The average Bonchev–Trinajstić information content (AvgIpc) is 3.08. The molecule has 0 fully saturated rings. The molecule has 1 aromatic carbocycles. The van der Waals surface area contributed by atoms with E-state index in [0.717, 1.165) is 18.6 Å². The largest absolute Gasteiger partial charge is 0.469 e. The molecule has 1 heterocycles. The van der Waals surface area contributed by atoms with Crippen molar-refractivity contribution < 1.29 is 8.84 Å². The van der Waals surface area contributed by atoms with Crippen LogP contribution in [0.5, 0.6) is 0 Å². The van der Waals surface area contributed by atoms with Crippen molar-refractivity contribution >= 4 is 8.32 Å². The predicted octanol–water partition coefficient (Wildman–Crippen LogP) is 6.57. The molecule has 0 bridgehead atoms. The van der Waals surface area contributed by atoms with Crippen LogP contribution in [0.4, 0.5) is 0 Å². The van der Waals surface area contributed by atoms with Gasteiger partial charge in [-0.15, -0.1) is 0 Å². The molecule has 0 N–H and O–H groups in total. The van der Waals surface area contributed by atoms with Gasteiger partial charge in [-0.25, -0.2) is 0 Å². The molecule has 1 atom stereocenters. The van der Waals surface area contributed by atoms with Crippen molar-refractivity contribution in [2.24, 2.45) is 0 Å². The van der Waals surface area contributed by atoms with Gasteiger partial charge in [-0.05, 0) is 48.7 Å². The summed E-state index contributed by atoms with van der Waals surface area (Å²) in [6.07, 6.45) is 8.34. The van der Waals surface area contributed by atoms with E-state index in [1.165, 1.54) is 5.56 Å². The Bertz CT molecular complexity index is 636. The summed E-state index contributed by atoms with van der Waals surface area (Å²) < 4.78 is 12.1. The summed E-state index contributed by atoms with van der Waals surface area (Å²) in [5.41, 5.74) is 1.37. The van der Waals surface area contributed by atoms with Crippen molar-refractivity contribution in [1.29, 1.82) is 0 Å². The van der Waals surface area contributed by atoms with Gasteiger partial charge in [-0.1, -0.05) is 63.3 Å². The van der Waals surface area contributed by atoms with Crippen LogP contribution in [0.2, 0.25) is 18.1 Å². The number of furan rings is 1. The van der Waals surface area contributed by atoms with Crippen molar-refractivity contribution in [3.05, 3.63) is 72.2 Å². The van der Waals surface area contributed by atoms with Crippen molar-refractivity contribution in [1.82, 2.24) is 0 Å². The van der Waals surface area contributed by atoms with E-state index in [-0.39, 0.29) is 11.0 Å². The lowest BCUT2D eigenvalue weighted by molar-refractivity contribution is 0.266. The Morgan fingerprint density at radius 3 is 2.40 bits per heavy atom. The molecule has 0 spiro atoms. The zero-order valence-electron chi connectivity index (χ0n) is 16.3. The fourth-order valence-electron chi connectivity index (χ4n) is 2.40. The third-order valence-corrected chi connectivity index (χ3v) is 9.65. The van der Waals surface area contributed by atoms with Gasteiger partial charge in [0, 0.05) is 6.61 Å². The molecule has 0 saturated heterocycles. The fraction of sp³-hybridized carbons (Fsp3) is 0.455. The van der Waals surface area contributed by atoms with Crippen LogP contribution in [0.1, 0.15) is 44.4 Å². The van der Waals surface area contributed by atoms with Gasteiger partial charge in [0.1, 0.15) is 5.76 Å². The lowest BCUT2D eigenvalue weighted by Crippen LogP contribution is -2.41. The maximum Gasteiger partial charge on any atom is 0.192 e. The van der Waals surface area contributed by atoms with Gasteiger partial charge in [-0.2, -0.15) is 0 Å². The molecule has 0 amide bonds. The molecule has 0 aliphatic rings. The zero-order valence-corrected chi connectivity index (χ0v) is 17.3. The number of hydrogen-bond acceptors (Lipinski definition) is 2. The van der Waals surface area contributed by atoms with E-state index in [2.05, 4.69) is 76.3 Å². The van der Waals surface area contributed by atoms with Crippen LogP contribution in [0, 0.1) is 0 Å². The quantitative estimate of drug-likeness (QED) is 0.394. The Morgan fingerprint density at radius 2 is 1.80 bits per heavy atom. The molecule has 0 unspecified atom stereocenters. The van der Waals surface area contributed by atoms with Gasteiger partial charge in [0.15, 0.2) is 8.32 Å². The van der Waals surface area contributed by atoms with E-state index in [4.69, 9.17) is 8.84 Å². The molecular weight excluding hydrogens is 324 g/mol. The first-order chi connectivity index (χ1) is 11.8. The molecule has 136 valence electrons. The first-order valence-electron chi connectivity index (χ1n) is 9.17. The molecule has 25 heavy (non-hydrogen) atoms. The molecule has 2 aromatic rings. The molecule has 1 aromatic heterocycles. The van der Waals surface area contributed by atoms with E-state index in [9.17, 15) is 0 Å². The second-order valence-electron chi connectivity index (χ2n) is 8.15. The highest BCUT2D eigenvalue weighted by atomic mass is 28.4. The summed E-state index contributed by atoms with van der Waals surface area (Å²) in [5, 5.41) is 0.220. The number of hydrogen-bond donors (Lipinski definition) is 0. The van der Waals surface area contributed by atoms with E-state index >= 15 is 0 Å². The van der Waals surface area contributed by atoms with Crippen LogP contribution >= 0.6 is 0 Å². The Morgan fingerprint density at radius 1 is 1.08 bits per heavy atom. The van der Waals surface area contributed by atoms with Crippen LogP contribution in [-0.4, -0.2) is 14.9 Å². The standard InChI is InChI=1S/C22H32O2Si/c1-22(2,3)25(4,5)24-18-20(21-16-11-17-23-21)15-10-9-14-19-12-7-6-8-13-19/h6-8,10-13,15-17,20H,9,14,18H2,1-5H3/b15-10+/t20-/m0/s1. The minimum Gasteiger partial charge on any atom is -0.469 e. The van der Waals surface area contributed by atoms with Gasteiger partial charge in [0.25, 0.3) is 0 Å². The maximum atomic E-state index is 6.42. The molecule has 3 heteroatoms. The van der Waals surface area contributed by atoms with Crippen LogP contribution < -0.4 is 0 Å². The summed E-state index contributed by atoms with van der Waals surface area (Å²) in [5.74, 6) is 1.16. The third-order valence-electron chi connectivity index (χ3n) is 5.15. The number of rotatable bonds is 8. The SMILES string of the molecule is CC(C)(C)[Si](C)(C)OC[C@H](/C=C/CCc1ccccc1)c1ccco1. The Kier molecular flexibility index (Phi) is 6.85. The highest BCUT2D eigenvalue weighted by Gasteiger charge is 2.37. The highest BCUT2D eigenvalue weighted by Crippen LogP contribution is 2.37. The molecule has 0 saturated carbocycles. The van der Waals surface area contributed by atoms with E-state index < -0.39 is 8.32 Å². The Hall–Kier alpha value is -1.58. The summed E-state index contributed by atoms with van der Waals surface area (Å²) in [6, 6.07) is 14.6. The predicted molar refractivity (Wildman–Crippen MR) is 109 cm³/mol. The van der Waals surface area contributed by atoms with Gasteiger partial charge < -0.3 is 8.84 Å². The number of aryl methyl sites for hydroxylation is 1. The molecule has 0 aliphatic carbocycles. The minimum absolute atomic E-state index is 0.180. The number of benzene rings is 1. The average molecular weight is 357 g/mol. The van der Waals surface area contributed by atoms with Crippen molar-refractivity contribution in [3.8, 4) is 0 Å². The zero-order chi connectivity index (χ0) is 18.3.